The molecule has 17 heavy (non-hydrogen) atoms. The first kappa shape index (κ1) is 13.6. The average molecular weight is 242 g/mol. The minimum Gasteiger partial charge on any atom is -0.342 e. The fourth-order valence-corrected chi connectivity index (χ4v) is 1.35. The van der Waals surface area contributed by atoms with E-state index in [0.29, 0.717) is 13.0 Å². The molecule has 2 N–H and O–H groups in total. The monoisotopic (exact) mass is 242 g/mol. The van der Waals surface area contributed by atoms with E-state index in [1.54, 1.807) is 7.05 Å². The van der Waals surface area contributed by atoms with Crippen molar-refractivity contribution < 1.29 is 13.6 Å². The summed E-state index contributed by atoms with van der Waals surface area (Å²) in [7, 11) is 1.60. The molecule has 5 heteroatoms. The first-order valence-electron chi connectivity index (χ1n) is 5.38. The summed E-state index contributed by atoms with van der Waals surface area (Å²) in [6.45, 7) is 2.32. The Balaban J connectivity index is 2.71. The van der Waals surface area contributed by atoms with Gasteiger partial charge in [-0.05, 0) is 31.5 Å². The van der Waals surface area contributed by atoms with E-state index >= 15 is 0 Å². The minimum atomic E-state index is -1.02. The zero-order valence-corrected chi connectivity index (χ0v) is 9.91. The molecule has 1 atom stereocenters. The number of nitrogens with two attached hydrogens (primary N) is 1. The van der Waals surface area contributed by atoms with Crippen molar-refractivity contribution in [3.8, 4) is 0 Å². The van der Waals surface area contributed by atoms with Crippen LogP contribution < -0.4 is 5.73 Å². The van der Waals surface area contributed by atoms with Crippen LogP contribution in [0.15, 0.2) is 18.2 Å². The molecule has 0 radical (unpaired) electrons. The van der Waals surface area contributed by atoms with Crippen molar-refractivity contribution in [2.45, 2.75) is 19.4 Å². The normalized spacial score (nSPS) is 12.3. The highest BCUT2D eigenvalue weighted by atomic mass is 19.2. The molecule has 1 aromatic rings. The first-order valence-corrected chi connectivity index (χ1v) is 5.38. The van der Waals surface area contributed by atoms with E-state index in [0.717, 1.165) is 12.1 Å². The Hall–Kier alpha value is -1.49. The van der Waals surface area contributed by atoms with Gasteiger partial charge in [0.1, 0.15) is 0 Å². The van der Waals surface area contributed by atoms with Crippen molar-refractivity contribution in [3.05, 3.63) is 35.4 Å². The number of nitrogens with zero attached hydrogens (tertiary/aromatic N) is 1. The van der Waals surface area contributed by atoms with Crippen molar-refractivity contribution in [2.24, 2.45) is 5.73 Å². The molecule has 0 aliphatic rings. The molecule has 0 saturated carbocycles. The quantitative estimate of drug-likeness (QED) is 0.874. The molecule has 0 fully saturated rings. The molecule has 94 valence electrons. The second kappa shape index (κ2) is 5.72. The van der Waals surface area contributed by atoms with Gasteiger partial charge in [-0.15, -0.1) is 0 Å². The van der Waals surface area contributed by atoms with Crippen LogP contribution >= 0.6 is 0 Å². The number of carbonyl (C=O) groups is 1. The highest BCUT2D eigenvalue weighted by Gasteiger charge is 2.14. The number of halogens is 2. The van der Waals surface area contributed by atoms with Crippen LogP contribution in [0.2, 0.25) is 0 Å². The number of rotatable bonds is 4. The van der Waals surface area contributed by atoms with Gasteiger partial charge >= 0.3 is 0 Å². The van der Waals surface area contributed by atoms with Crippen LogP contribution in [-0.2, 0) is 0 Å². The van der Waals surface area contributed by atoms with Crippen LogP contribution in [0.1, 0.15) is 23.7 Å². The maximum atomic E-state index is 13.0. The van der Waals surface area contributed by atoms with E-state index < -0.39 is 11.6 Å². The second-order valence-electron chi connectivity index (χ2n) is 4.12. The Kier molecular flexibility index (Phi) is 4.57. The summed E-state index contributed by atoms with van der Waals surface area (Å²) in [6.07, 6.45) is 0.659. The highest BCUT2D eigenvalue weighted by Crippen LogP contribution is 2.10. The molecule has 0 bridgehead atoms. The predicted molar refractivity (Wildman–Crippen MR) is 61.6 cm³/mol. The molecular weight excluding hydrogens is 226 g/mol. The Bertz CT molecular complexity index is 407. The van der Waals surface area contributed by atoms with Crippen LogP contribution in [0.5, 0.6) is 0 Å². The summed E-state index contributed by atoms with van der Waals surface area (Å²) >= 11 is 0. The number of amides is 1. The zero-order chi connectivity index (χ0) is 13.0. The summed E-state index contributed by atoms with van der Waals surface area (Å²) in [5, 5.41) is 0. The third-order valence-electron chi connectivity index (χ3n) is 2.43. The number of hydrogen-bond acceptors (Lipinski definition) is 2. The summed E-state index contributed by atoms with van der Waals surface area (Å²) in [6, 6.07) is 3.11. The maximum absolute atomic E-state index is 13.0. The average Bonchev–Trinajstić information content (AvgIpc) is 2.28. The minimum absolute atomic E-state index is 0.00444. The third kappa shape index (κ3) is 3.78. The van der Waals surface area contributed by atoms with Crippen molar-refractivity contribution in [3.63, 3.8) is 0 Å². The Labute approximate surface area is 99.2 Å². The van der Waals surface area contributed by atoms with E-state index in [1.165, 1.54) is 11.0 Å². The molecule has 1 unspecified atom stereocenters. The summed E-state index contributed by atoms with van der Waals surface area (Å²) in [5.41, 5.74) is 5.71. The number of hydrogen-bond donors (Lipinski definition) is 1. The van der Waals surface area contributed by atoms with Crippen molar-refractivity contribution in [1.82, 2.24) is 4.90 Å². The number of carbonyl (C=O) groups excluding carboxylic acids is 1. The van der Waals surface area contributed by atoms with E-state index in [4.69, 9.17) is 5.73 Å². The lowest BCUT2D eigenvalue weighted by molar-refractivity contribution is 0.0791. The summed E-state index contributed by atoms with van der Waals surface area (Å²) in [4.78, 5) is 13.3. The molecule has 1 amide bonds. The Morgan fingerprint density at radius 2 is 2.06 bits per heavy atom. The maximum Gasteiger partial charge on any atom is 0.253 e. The lowest BCUT2D eigenvalue weighted by Gasteiger charge is -2.18. The van der Waals surface area contributed by atoms with Crippen molar-refractivity contribution in [2.75, 3.05) is 13.6 Å². The second-order valence-corrected chi connectivity index (χ2v) is 4.12. The van der Waals surface area contributed by atoms with Gasteiger partial charge < -0.3 is 10.6 Å². The predicted octanol–water partition coefficient (Wildman–Crippen LogP) is 1.77. The fraction of sp³-hybridized carbons (Fsp3) is 0.417. The van der Waals surface area contributed by atoms with E-state index in [1.807, 2.05) is 6.92 Å². The number of benzene rings is 1. The largest absolute Gasteiger partial charge is 0.342 e. The van der Waals surface area contributed by atoms with Gasteiger partial charge in [0.15, 0.2) is 11.6 Å². The van der Waals surface area contributed by atoms with Gasteiger partial charge in [0.25, 0.3) is 5.91 Å². The van der Waals surface area contributed by atoms with E-state index in [9.17, 15) is 13.6 Å². The summed E-state index contributed by atoms with van der Waals surface area (Å²) in [5.74, 6) is -2.32. The van der Waals surface area contributed by atoms with E-state index in [2.05, 4.69) is 0 Å². The zero-order valence-electron chi connectivity index (χ0n) is 9.91. The first-order chi connectivity index (χ1) is 7.91. The molecule has 1 rings (SSSR count). The van der Waals surface area contributed by atoms with Crippen LogP contribution in [0.4, 0.5) is 8.78 Å². The Morgan fingerprint density at radius 1 is 1.41 bits per heavy atom. The highest BCUT2D eigenvalue weighted by molar-refractivity contribution is 5.94. The molecule has 1 aromatic carbocycles. The fourth-order valence-electron chi connectivity index (χ4n) is 1.35. The molecule has 0 aromatic heterocycles. The van der Waals surface area contributed by atoms with Gasteiger partial charge in [-0.2, -0.15) is 0 Å². The molecule has 0 spiro atoms. The lowest BCUT2D eigenvalue weighted by atomic mass is 10.1. The van der Waals surface area contributed by atoms with Crippen molar-refractivity contribution >= 4 is 5.91 Å². The smallest absolute Gasteiger partial charge is 0.253 e. The molecule has 0 saturated heterocycles. The Morgan fingerprint density at radius 3 is 2.59 bits per heavy atom. The van der Waals surface area contributed by atoms with Gasteiger partial charge in [-0.25, -0.2) is 8.78 Å². The van der Waals surface area contributed by atoms with Gasteiger partial charge in [0, 0.05) is 25.2 Å². The van der Waals surface area contributed by atoms with Gasteiger partial charge in [0.05, 0.1) is 0 Å². The molecule has 0 aliphatic carbocycles. The van der Waals surface area contributed by atoms with E-state index in [-0.39, 0.29) is 17.5 Å². The molecule has 0 heterocycles. The van der Waals surface area contributed by atoms with Crippen LogP contribution in [0.25, 0.3) is 0 Å². The van der Waals surface area contributed by atoms with Crippen molar-refractivity contribution in [1.29, 1.82) is 0 Å². The lowest BCUT2D eigenvalue weighted by Crippen LogP contribution is -2.31. The van der Waals surface area contributed by atoms with Gasteiger partial charge in [-0.3, -0.25) is 4.79 Å². The van der Waals surface area contributed by atoms with Crippen LogP contribution in [0, 0.1) is 11.6 Å². The topological polar surface area (TPSA) is 46.3 Å². The van der Waals surface area contributed by atoms with Gasteiger partial charge in [-0.1, -0.05) is 0 Å². The SMILES string of the molecule is CC(N)CCN(C)C(=O)c1ccc(F)c(F)c1. The summed E-state index contributed by atoms with van der Waals surface area (Å²) < 4.78 is 25.7. The van der Waals surface area contributed by atoms with Gasteiger partial charge in [0.2, 0.25) is 0 Å². The van der Waals surface area contributed by atoms with Crippen LogP contribution in [0.3, 0.4) is 0 Å². The molecule has 0 aliphatic heterocycles. The molecule has 3 nitrogen and oxygen atoms in total. The van der Waals surface area contributed by atoms with Crippen LogP contribution in [-0.4, -0.2) is 30.4 Å². The standard InChI is InChI=1S/C12H16F2N2O/c1-8(15)5-6-16(2)12(17)9-3-4-10(13)11(14)7-9/h3-4,7-8H,5-6,15H2,1-2H3. The third-order valence-corrected chi connectivity index (χ3v) is 2.43. The molecular formula is C12H16F2N2O.